The third-order valence-corrected chi connectivity index (χ3v) is 2.20. The number of carboxylic acids is 1. The maximum absolute atomic E-state index is 11.2. The van der Waals surface area contributed by atoms with E-state index in [0.29, 0.717) is 12.5 Å². The van der Waals surface area contributed by atoms with Gasteiger partial charge in [0, 0.05) is 6.54 Å². The number of hydrogen-bond donors (Lipinski definition) is 3. The molecule has 0 aliphatic heterocycles. The van der Waals surface area contributed by atoms with Crippen LogP contribution in [0.1, 0.15) is 12.8 Å². The van der Waals surface area contributed by atoms with Crippen molar-refractivity contribution in [3.8, 4) is 0 Å². The zero-order chi connectivity index (χ0) is 12.1. The number of imide groups is 1. The number of amides is 3. The normalized spacial score (nSPS) is 14.8. The molecule has 0 atom stereocenters. The van der Waals surface area contributed by atoms with Crippen LogP contribution in [0.3, 0.4) is 0 Å². The van der Waals surface area contributed by atoms with Gasteiger partial charge in [-0.25, -0.2) is 4.79 Å². The van der Waals surface area contributed by atoms with Crippen molar-refractivity contribution < 1.29 is 19.5 Å². The van der Waals surface area contributed by atoms with Crippen molar-refractivity contribution in [3.05, 3.63) is 0 Å². The second-order valence-corrected chi connectivity index (χ2v) is 3.92. The van der Waals surface area contributed by atoms with Crippen LogP contribution in [0, 0.1) is 5.92 Å². The Morgan fingerprint density at radius 1 is 1.31 bits per heavy atom. The summed E-state index contributed by atoms with van der Waals surface area (Å²) in [6, 6.07) is -0.924. The van der Waals surface area contributed by atoms with Gasteiger partial charge in [0.15, 0.2) is 0 Å². The standard InChI is InChI=1S/C9H15N3O4/c10-9(16)11-7(13)4-12(5-8(14)15)3-6-1-2-6/h6H,1-5H2,(H,14,15)(H3,10,11,13,16). The van der Waals surface area contributed by atoms with Gasteiger partial charge in [0.1, 0.15) is 0 Å². The summed E-state index contributed by atoms with van der Waals surface area (Å²) in [6.07, 6.45) is 2.13. The van der Waals surface area contributed by atoms with E-state index in [-0.39, 0.29) is 13.1 Å². The lowest BCUT2D eigenvalue weighted by molar-refractivity contribution is -0.138. The number of urea groups is 1. The van der Waals surface area contributed by atoms with E-state index in [2.05, 4.69) is 0 Å². The lowest BCUT2D eigenvalue weighted by Gasteiger charge is -2.18. The van der Waals surface area contributed by atoms with Crippen LogP contribution in [0.15, 0.2) is 0 Å². The molecule has 0 heterocycles. The number of carbonyl (C=O) groups is 3. The van der Waals surface area contributed by atoms with Gasteiger partial charge in [0.25, 0.3) is 0 Å². The Morgan fingerprint density at radius 2 is 1.94 bits per heavy atom. The Labute approximate surface area is 92.6 Å². The molecule has 0 spiro atoms. The zero-order valence-electron chi connectivity index (χ0n) is 8.81. The lowest BCUT2D eigenvalue weighted by atomic mass is 10.3. The quantitative estimate of drug-likeness (QED) is 0.539. The Balaban J connectivity index is 2.37. The molecule has 7 heteroatoms. The van der Waals surface area contributed by atoms with E-state index in [1.807, 2.05) is 5.32 Å². The summed E-state index contributed by atoms with van der Waals surface area (Å²) in [5.74, 6) is -1.09. The number of nitrogens with two attached hydrogens (primary N) is 1. The molecule has 4 N–H and O–H groups in total. The van der Waals surface area contributed by atoms with Crippen molar-refractivity contribution in [2.75, 3.05) is 19.6 Å². The molecule has 7 nitrogen and oxygen atoms in total. The first kappa shape index (κ1) is 12.4. The SMILES string of the molecule is NC(=O)NC(=O)CN(CC(=O)O)CC1CC1. The molecule has 0 aromatic heterocycles. The molecule has 90 valence electrons. The van der Waals surface area contributed by atoms with Crippen molar-refractivity contribution in [2.45, 2.75) is 12.8 Å². The van der Waals surface area contributed by atoms with Gasteiger partial charge < -0.3 is 10.8 Å². The van der Waals surface area contributed by atoms with Crippen LogP contribution in [-0.4, -0.2) is 47.5 Å². The first-order valence-electron chi connectivity index (χ1n) is 5.01. The highest BCUT2D eigenvalue weighted by Gasteiger charge is 2.26. The van der Waals surface area contributed by atoms with Crippen LogP contribution < -0.4 is 11.1 Å². The molecule has 0 bridgehead atoms. The molecule has 1 aliphatic rings. The van der Waals surface area contributed by atoms with Crippen LogP contribution in [-0.2, 0) is 9.59 Å². The highest BCUT2D eigenvalue weighted by molar-refractivity contribution is 5.94. The smallest absolute Gasteiger partial charge is 0.318 e. The monoisotopic (exact) mass is 229 g/mol. The van der Waals surface area contributed by atoms with Crippen LogP contribution >= 0.6 is 0 Å². The van der Waals surface area contributed by atoms with Gasteiger partial charge in [-0.3, -0.25) is 19.8 Å². The van der Waals surface area contributed by atoms with Crippen molar-refractivity contribution in [3.63, 3.8) is 0 Å². The molecule has 1 fully saturated rings. The molecule has 1 rings (SSSR count). The lowest BCUT2D eigenvalue weighted by Crippen LogP contribution is -2.44. The van der Waals surface area contributed by atoms with Crippen molar-refractivity contribution in [1.82, 2.24) is 10.2 Å². The third-order valence-electron chi connectivity index (χ3n) is 2.20. The highest BCUT2D eigenvalue weighted by Crippen LogP contribution is 2.29. The molecule has 0 aromatic rings. The Kier molecular flexibility index (Phi) is 4.24. The number of carbonyl (C=O) groups excluding carboxylic acids is 2. The fraction of sp³-hybridized carbons (Fsp3) is 0.667. The van der Waals surface area contributed by atoms with Gasteiger partial charge in [-0.15, -0.1) is 0 Å². The first-order valence-corrected chi connectivity index (χ1v) is 5.01. The topological polar surface area (TPSA) is 113 Å². The summed E-state index contributed by atoms with van der Waals surface area (Å²) >= 11 is 0. The first-order chi connectivity index (χ1) is 7.47. The fourth-order valence-electron chi connectivity index (χ4n) is 1.42. The second kappa shape index (κ2) is 5.45. The maximum Gasteiger partial charge on any atom is 0.318 e. The molecule has 1 aliphatic carbocycles. The highest BCUT2D eigenvalue weighted by atomic mass is 16.4. The summed E-state index contributed by atoms with van der Waals surface area (Å²) in [7, 11) is 0. The Morgan fingerprint density at radius 3 is 2.38 bits per heavy atom. The van der Waals surface area contributed by atoms with Gasteiger partial charge in [0.05, 0.1) is 13.1 Å². The number of nitrogens with zero attached hydrogens (tertiary/aromatic N) is 1. The van der Waals surface area contributed by atoms with E-state index in [1.165, 1.54) is 4.90 Å². The predicted molar refractivity (Wildman–Crippen MR) is 54.5 cm³/mol. The summed E-state index contributed by atoms with van der Waals surface area (Å²) in [6.45, 7) is 0.243. The van der Waals surface area contributed by atoms with Crippen molar-refractivity contribution in [2.24, 2.45) is 11.7 Å². The number of primary amides is 1. The minimum atomic E-state index is -0.993. The molecule has 0 radical (unpaired) electrons. The number of aliphatic carboxylic acids is 1. The average Bonchev–Trinajstić information content (AvgIpc) is 2.84. The van der Waals surface area contributed by atoms with Gasteiger partial charge in [-0.1, -0.05) is 0 Å². The summed E-state index contributed by atoms with van der Waals surface area (Å²) in [4.78, 5) is 33.7. The van der Waals surface area contributed by atoms with Crippen molar-refractivity contribution in [1.29, 1.82) is 0 Å². The molecular weight excluding hydrogens is 214 g/mol. The molecular formula is C9H15N3O4. The van der Waals surface area contributed by atoms with Crippen molar-refractivity contribution >= 4 is 17.9 Å². The Bertz CT molecular complexity index is 301. The zero-order valence-corrected chi connectivity index (χ0v) is 8.81. The minimum Gasteiger partial charge on any atom is -0.480 e. The maximum atomic E-state index is 11.2. The van der Waals surface area contributed by atoms with E-state index in [4.69, 9.17) is 10.8 Å². The van der Waals surface area contributed by atoms with Gasteiger partial charge in [-0.05, 0) is 18.8 Å². The van der Waals surface area contributed by atoms with Gasteiger partial charge >= 0.3 is 12.0 Å². The minimum absolute atomic E-state index is 0.119. The third kappa shape index (κ3) is 5.30. The van der Waals surface area contributed by atoms with Crippen LogP contribution in [0.2, 0.25) is 0 Å². The van der Waals surface area contributed by atoms with Gasteiger partial charge in [-0.2, -0.15) is 0 Å². The predicted octanol–water partition coefficient (Wildman–Crippen LogP) is -1.02. The molecule has 3 amide bonds. The molecule has 0 unspecified atom stereocenters. The van der Waals surface area contributed by atoms with E-state index in [1.54, 1.807) is 0 Å². The second-order valence-electron chi connectivity index (χ2n) is 3.92. The summed E-state index contributed by atoms with van der Waals surface area (Å²) in [5, 5.41) is 10.6. The van der Waals surface area contributed by atoms with Crippen LogP contribution in [0.25, 0.3) is 0 Å². The van der Waals surface area contributed by atoms with Gasteiger partial charge in [0.2, 0.25) is 5.91 Å². The molecule has 0 aromatic carbocycles. The average molecular weight is 229 g/mol. The summed E-state index contributed by atoms with van der Waals surface area (Å²) < 4.78 is 0. The molecule has 16 heavy (non-hydrogen) atoms. The Hall–Kier alpha value is -1.63. The summed E-state index contributed by atoms with van der Waals surface area (Å²) in [5.41, 5.74) is 4.78. The molecule has 1 saturated carbocycles. The van der Waals surface area contributed by atoms with Crippen LogP contribution in [0.4, 0.5) is 4.79 Å². The van der Waals surface area contributed by atoms with E-state index in [0.717, 1.165) is 12.8 Å². The van der Waals surface area contributed by atoms with Crippen LogP contribution in [0.5, 0.6) is 0 Å². The van der Waals surface area contributed by atoms with E-state index >= 15 is 0 Å². The number of carboxylic acid groups (broad SMARTS) is 1. The molecule has 0 saturated heterocycles. The number of hydrogen-bond acceptors (Lipinski definition) is 4. The van der Waals surface area contributed by atoms with E-state index < -0.39 is 17.9 Å². The fourth-order valence-corrected chi connectivity index (χ4v) is 1.42. The van der Waals surface area contributed by atoms with E-state index in [9.17, 15) is 14.4 Å². The number of rotatable bonds is 6. The number of nitrogens with one attached hydrogen (secondary N) is 1. The largest absolute Gasteiger partial charge is 0.480 e.